The zero-order chi connectivity index (χ0) is 14.0. The fourth-order valence-corrected chi connectivity index (χ4v) is 2.57. The van der Waals surface area contributed by atoms with Gasteiger partial charge in [0.15, 0.2) is 0 Å². The molecule has 1 aliphatic heterocycles. The summed E-state index contributed by atoms with van der Waals surface area (Å²) in [4.78, 5) is 6.03. The Hall–Kier alpha value is -0.970. The number of alkyl halides is 4. The van der Waals surface area contributed by atoms with E-state index in [9.17, 15) is 13.2 Å². The first kappa shape index (κ1) is 14.4. The maximum Gasteiger partial charge on any atom is 0.393 e. The quantitative estimate of drug-likeness (QED) is 0.768. The molecular weight excluding hydrogens is 277 g/mol. The van der Waals surface area contributed by atoms with Gasteiger partial charge in [0.25, 0.3) is 0 Å². The number of hydrogen-bond donors (Lipinski definition) is 0. The highest BCUT2D eigenvalue weighted by molar-refractivity contribution is 6.17. The van der Waals surface area contributed by atoms with Gasteiger partial charge in [-0.3, -0.25) is 0 Å². The molecule has 0 N–H and O–H groups in total. The van der Waals surface area contributed by atoms with Gasteiger partial charge in [0.2, 0.25) is 0 Å². The molecule has 1 fully saturated rings. The monoisotopic (exact) mass is 292 g/mol. The number of hydrogen-bond acceptors (Lipinski definition) is 2. The van der Waals surface area contributed by atoms with E-state index in [2.05, 4.69) is 4.98 Å². The van der Waals surface area contributed by atoms with Crippen molar-refractivity contribution in [1.82, 2.24) is 4.98 Å². The maximum absolute atomic E-state index is 12.8. The van der Waals surface area contributed by atoms with Gasteiger partial charge < -0.3 is 4.90 Å². The van der Waals surface area contributed by atoms with Crippen molar-refractivity contribution in [2.75, 3.05) is 18.0 Å². The smallest absolute Gasteiger partial charge is 0.356 e. The molecule has 1 unspecified atom stereocenters. The Balaban J connectivity index is 2.19. The van der Waals surface area contributed by atoms with Crippen LogP contribution in [0.4, 0.5) is 19.0 Å². The second-order valence-electron chi connectivity index (χ2n) is 4.94. The number of anilines is 1. The molecule has 0 saturated carbocycles. The molecule has 0 amide bonds. The van der Waals surface area contributed by atoms with Crippen LogP contribution < -0.4 is 4.90 Å². The SMILES string of the molecule is Cc1cc(CCl)cc(N2CCCC(C(F)(F)F)C2)n1. The van der Waals surface area contributed by atoms with Crippen molar-refractivity contribution in [2.24, 2.45) is 5.92 Å². The van der Waals surface area contributed by atoms with Crippen LogP contribution in [0.3, 0.4) is 0 Å². The number of piperidine rings is 1. The van der Waals surface area contributed by atoms with E-state index in [4.69, 9.17) is 11.6 Å². The molecule has 106 valence electrons. The average molecular weight is 293 g/mol. The molecule has 0 radical (unpaired) electrons. The van der Waals surface area contributed by atoms with Crippen LogP contribution >= 0.6 is 11.6 Å². The fourth-order valence-electron chi connectivity index (χ4n) is 2.41. The Morgan fingerprint density at radius 3 is 2.79 bits per heavy atom. The van der Waals surface area contributed by atoms with Gasteiger partial charge in [-0.1, -0.05) is 0 Å². The van der Waals surface area contributed by atoms with Crippen LogP contribution in [-0.2, 0) is 5.88 Å². The molecule has 1 saturated heterocycles. The van der Waals surface area contributed by atoms with Crippen LogP contribution in [0, 0.1) is 12.8 Å². The lowest BCUT2D eigenvalue weighted by Crippen LogP contribution is -2.42. The Kier molecular flexibility index (Phi) is 4.23. The molecule has 1 aromatic rings. The van der Waals surface area contributed by atoms with E-state index >= 15 is 0 Å². The van der Waals surface area contributed by atoms with Crippen LogP contribution in [0.5, 0.6) is 0 Å². The zero-order valence-electron chi connectivity index (χ0n) is 10.7. The van der Waals surface area contributed by atoms with Crippen molar-refractivity contribution in [3.8, 4) is 0 Å². The van der Waals surface area contributed by atoms with E-state index < -0.39 is 12.1 Å². The topological polar surface area (TPSA) is 16.1 Å². The number of rotatable bonds is 2. The van der Waals surface area contributed by atoms with Crippen molar-refractivity contribution in [3.63, 3.8) is 0 Å². The van der Waals surface area contributed by atoms with E-state index in [1.54, 1.807) is 11.0 Å². The van der Waals surface area contributed by atoms with Gasteiger partial charge in [-0.2, -0.15) is 13.2 Å². The first-order valence-electron chi connectivity index (χ1n) is 6.25. The zero-order valence-corrected chi connectivity index (χ0v) is 11.4. The summed E-state index contributed by atoms with van der Waals surface area (Å²) in [7, 11) is 0. The highest BCUT2D eigenvalue weighted by Crippen LogP contribution is 2.34. The Morgan fingerprint density at radius 1 is 1.42 bits per heavy atom. The van der Waals surface area contributed by atoms with E-state index in [1.807, 2.05) is 13.0 Å². The molecule has 2 nitrogen and oxygen atoms in total. The van der Waals surface area contributed by atoms with Crippen LogP contribution in [0.2, 0.25) is 0 Å². The highest BCUT2D eigenvalue weighted by Gasteiger charge is 2.42. The molecule has 1 aromatic heterocycles. The number of aromatic nitrogens is 1. The van der Waals surface area contributed by atoms with Gasteiger partial charge in [0.1, 0.15) is 5.82 Å². The minimum absolute atomic E-state index is 0.0122. The van der Waals surface area contributed by atoms with Crippen LogP contribution in [0.25, 0.3) is 0 Å². The molecule has 0 spiro atoms. The Morgan fingerprint density at radius 2 is 2.16 bits per heavy atom. The van der Waals surface area contributed by atoms with Crippen LogP contribution in [-0.4, -0.2) is 24.2 Å². The highest BCUT2D eigenvalue weighted by atomic mass is 35.5. The molecule has 6 heteroatoms. The molecule has 0 aromatic carbocycles. The van der Waals surface area contributed by atoms with Crippen molar-refractivity contribution in [1.29, 1.82) is 0 Å². The summed E-state index contributed by atoms with van der Waals surface area (Å²) < 4.78 is 38.4. The summed E-state index contributed by atoms with van der Waals surface area (Å²) in [6.07, 6.45) is -3.39. The third kappa shape index (κ3) is 3.53. The van der Waals surface area contributed by atoms with E-state index in [1.165, 1.54) is 0 Å². The van der Waals surface area contributed by atoms with Gasteiger partial charge in [0.05, 0.1) is 5.92 Å². The molecule has 1 aliphatic rings. The van der Waals surface area contributed by atoms with Crippen molar-refractivity contribution in [3.05, 3.63) is 23.4 Å². The van der Waals surface area contributed by atoms with Crippen LogP contribution in [0.15, 0.2) is 12.1 Å². The summed E-state index contributed by atoms with van der Waals surface area (Å²) in [5.41, 5.74) is 1.67. The summed E-state index contributed by atoms with van der Waals surface area (Å²) >= 11 is 5.78. The Bertz CT molecular complexity index is 448. The number of nitrogens with zero attached hydrogens (tertiary/aromatic N) is 2. The lowest BCUT2D eigenvalue weighted by molar-refractivity contribution is -0.176. The average Bonchev–Trinajstić information content (AvgIpc) is 2.37. The molecule has 1 atom stereocenters. The van der Waals surface area contributed by atoms with Gasteiger partial charge >= 0.3 is 6.18 Å². The lowest BCUT2D eigenvalue weighted by atomic mass is 9.97. The van der Waals surface area contributed by atoms with Gasteiger partial charge in [-0.15, -0.1) is 11.6 Å². The molecule has 19 heavy (non-hydrogen) atoms. The summed E-state index contributed by atoms with van der Waals surface area (Å²) in [6, 6.07) is 3.63. The predicted octanol–water partition coefficient (Wildman–Crippen LogP) is 3.91. The third-order valence-electron chi connectivity index (χ3n) is 3.36. The molecule has 2 rings (SSSR count). The van der Waals surface area contributed by atoms with Crippen LogP contribution in [0.1, 0.15) is 24.1 Å². The summed E-state index contributed by atoms with van der Waals surface area (Å²) in [5, 5.41) is 0. The molecule has 0 aliphatic carbocycles. The van der Waals surface area contributed by atoms with E-state index in [-0.39, 0.29) is 13.0 Å². The summed E-state index contributed by atoms with van der Waals surface area (Å²) in [6.45, 7) is 2.43. The second kappa shape index (κ2) is 5.57. The lowest BCUT2D eigenvalue weighted by Gasteiger charge is -2.34. The summed E-state index contributed by atoms with van der Waals surface area (Å²) in [5.74, 6) is -0.319. The Labute approximate surface area is 115 Å². The van der Waals surface area contributed by atoms with Gasteiger partial charge in [-0.05, 0) is 37.5 Å². The first-order valence-corrected chi connectivity index (χ1v) is 6.79. The van der Waals surface area contributed by atoms with Crippen molar-refractivity contribution < 1.29 is 13.2 Å². The molecular formula is C13H16ClF3N2. The first-order chi connectivity index (χ1) is 8.90. The normalized spacial score (nSPS) is 20.7. The predicted molar refractivity (Wildman–Crippen MR) is 69.5 cm³/mol. The maximum atomic E-state index is 12.8. The fraction of sp³-hybridized carbons (Fsp3) is 0.615. The van der Waals surface area contributed by atoms with Gasteiger partial charge in [-0.25, -0.2) is 4.98 Å². The standard InChI is InChI=1S/C13H16ClF3N2/c1-9-5-10(7-14)6-12(18-9)19-4-2-3-11(8-19)13(15,16)17/h5-6,11H,2-4,7-8H2,1H3. The molecule has 0 bridgehead atoms. The molecule has 2 heterocycles. The number of aryl methyl sites for hydroxylation is 1. The number of halogens is 4. The number of pyridine rings is 1. The van der Waals surface area contributed by atoms with E-state index in [0.717, 1.165) is 11.3 Å². The second-order valence-corrected chi connectivity index (χ2v) is 5.20. The largest absolute Gasteiger partial charge is 0.393 e. The van der Waals surface area contributed by atoms with Crippen molar-refractivity contribution >= 4 is 17.4 Å². The third-order valence-corrected chi connectivity index (χ3v) is 3.67. The minimum Gasteiger partial charge on any atom is -0.356 e. The van der Waals surface area contributed by atoms with Gasteiger partial charge in [0, 0.05) is 24.7 Å². The van der Waals surface area contributed by atoms with E-state index in [0.29, 0.717) is 24.7 Å². The van der Waals surface area contributed by atoms with Crippen molar-refractivity contribution in [2.45, 2.75) is 31.8 Å². The minimum atomic E-state index is -4.13.